The molecule has 2 unspecified atom stereocenters. The van der Waals surface area contributed by atoms with Crippen molar-refractivity contribution < 1.29 is 9.84 Å². The molecule has 0 saturated carbocycles. The van der Waals surface area contributed by atoms with Gasteiger partial charge in [-0.05, 0) is 38.5 Å². The SMILES string of the molecule is Cc1cccc(OCC(O)CNC(C)c2nc(C)cs2)c1. The van der Waals surface area contributed by atoms with E-state index in [1.807, 2.05) is 50.4 Å². The zero-order chi connectivity index (χ0) is 15.2. The smallest absolute Gasteiger partial charge is 0.119 e. The number of nitrogens with zero attached hydrogens (tertiary/aromatic N) is 1. The van der Waals surface area contributed by atoms with Crippen molar-refractivity contribution >= 4 is 11.3 Å². The summed E-state index contributed by atoms with van der Waals surface area (Å²) in [7, 11) is 0. The molecule has 21 heavy (non-hydrogen) atoms. The topological polar surface area (TPSA) is 54.4 Å². The van der Waals surface area contributed by atoms with Crippen LogP contribution < -0.4 is 10.1 Å². The van der Waals surface area contributed by atoms with Crippen molar-refractivity contribution in [1.82, 2.24) is 10.3 Å². The Morgan fingerprint density at radius 3 is 2.86 bits per heavy atom. The molecular weight excluding hydrogens is 284 g/mol. The van der Waals surface area contributed by atoms with Crippen LogP contribution in [-0.2, 0) is 0 Å². The van der Waals surface area contributed by atoms with Crippen LogP contribution in [0.15, 0.2) is 29.6 Å². The average Bonchev–Trinajstić information content (AvgIpc) is 2.89. The summed E-state index contributed by atoms with van der Waals surface area (Å²) in [5, 5.41) is 16.3. The van der Waals surface area contributed by atoms with E-state index >= 15 is 0 Å². The molecule has 5 heteroatoms. The standard InChI is InChI=1S/C16H22N2O2S/c1-11-5-4-6-15(7-11)20-9-14(19)8-17-13(3)16-18-12(2)10-21-16/h4-7,10,13-14,17,19H,8-9H2,1-3H3. The number of thiazole rings is 1. The lowest BCUT2D eigenvalue weighted by Gasteiger charge is -2.16. The van der Waals surface area contributed by atoms with Gasteiger partial charge in [0.15, 0.2) is 0 Å². The van der Waals surface area contributed by atoms with Crippen molar-refractivity contribution in [3.63, 3.8) is 0 Å². The van der Waals surface area contributed by atoms with Crippen molar-refractivity contribution in [3.05, 3.63) is 45.9 Å². The molecule has 0 spiro atoms. The molecule has 0 aliphatic heterocycles. The van der Waals surface area contributed by atoms with Gasteiger partial charge in [0.25, 0.3) is 0 Å². The third-order valence-corrected chi connectivity index (χ3v) is 4.24. The van der Waals surface area contributed by atoms with Gasteiger partial charge >= 0.3 is 0 Å². The van der Waals surface area contributed by atoms with Crippen LogP contribution in [0.1, 0.15) is 29.2 Å². The highest BCUT2D eigenvalue weighted by molar-refractivity contribution is 7.09. The summed E-state index contributed by atoms with van der Waals surface area (Å²) in [5.74, 6) is 0.789. The number of aliphatic hydroxyl groups excluding tert-OH is 1. The molecule has 2 aromatic rings. The summed E-state index contributed by atoms with van der Waals surface area (Å²) < 4.78 is 5.59. The Hall–Kier alpha value is -1.43. The van der Waals surface area contributed by atoms with Crippen molar-refractivity contribution in [3.8, 4) is 5.75 Å². The minimum atomic E-state index is -0.547. The molecule has 1 aromatic carbocycles. The highest BCUT2D eigenvalue weighted by Gasteiger charge is 2.12. The molecule has 1 heterocycles. The van der Waals surface area contributed by atoms with E-state index in [0.717, 1.165) is 22.0 Å². The van der Waals surface area contributed by atoms with Gasteiger partial charge in [-0.25, -0.2) is 4.98 Å². The van der Waals surface area contributed by atoms with E-state index in [1.54, 1.807) is 11.3 Å². The average molecular weight is 306 g/mol. The Balaban J connectivity index is 1.73. The second-order valence-electron chi connectivity index (χ2n) is 5.24. The van der Waals surface area contributed by atoms with Crippen molar-refractivity contribution in [2.24, 2.45) is 0 Å². The van der Waals surface area contributed by atoms with Gasteiger partial charge in [-0.3, -0.25) is 0 Å². The lowest BCUT2D eigenvalue weighted by atomic mass is 10.2. The Bertz CT molecular complexity index is 571. The summed E-state index contributed by atoms with van der Waals surface area (Å²) in [6.45, 7) is 6.80. The molecule has 0 amide bonds. The number of ether oxygens (including phenoxy) is 1. The highest BCUT2D eigenvalue weighted by atomic mass is 32.1. The van der Waals surface area contributed by atoms with Crippen molar-refractivity contribution in [2.45, 2.75) is 32.9 Å². The fourth-order valence-corrected chi connectivity index (χ4v) is 2.76. The molecule has 1 aromatic heterocycles. The molecule has 0 radical (unpaired) electrons. The van der Waals surface area contributed by atoms with E-state index in [-0.39, 0.29) is 12.6 Å². The molecule has 114 valence electrons. The van der Waals surface area contributed by atoms with Gasteiger partial charge in [0.2, 0.25) is 0 Å². The quantitative estimate of drug-likeness (QED) is 0.826. The number of hydrogen-bond acceptors (Lipinski definition) is 5. The van der Waals surface area contributed by atoms with E-state index in [1.165, 1.54) is 0 Å². The van der Waals surface area contributed by atoms with Gasteiger partial charge in [0.1, 0.15) is 23.5 Å². The summed E-state index contributed by atoms with van der Waals surface area (Å²) in [6.07, 6.45) is -0.547. The molecule has 0 aliphatic carbocycles. The first-order valence-corrected chi connectivity index (χ1v) is 7.95. The van der Waals surface area contributed by atoms with Gasteiger partial charge in [-0.2, -0.15) is 0 Å². The maximum Gasteiger partial charge on any atom is 0.119 e. The number of aliphatic hydroxyl groups is 1. The first kappa shape index (κ1) is 15.9. The maximum absolute atomic E-state index is 9.98. The van der Waals surface area contributed by atoms with Gasteiger partial charge in [0, 0.05) is 17.6 Å². The summed E-state index contributed by atoms with van der Waals surface area (Å²) in [5.41, 5.74) is 2.18. The summed E-state index contributed by atoms with van der Waals surface area (Å²) >= 11 is 1.63. The second kappa shape index (κ2) is 7.54. The van der Waals surface area contributed by atoms with Gasteiger partial charge in [0.05, 0.1) is 6.04 Å². The predicted molar refractivity (Wildman–Crippen MR) is 85.9 cm³/mol. The first-order chi connectivity index (χ1) is 10.0. The van der Waals surface area contributed by atoms with Gasteiger partial charge in [-0.1, -0.05) is 12.1 Å². The van der Waals surface area contributed by atoms with Crippen LogP contribution in [-0.4, -0.2) is 29.3 Å². The zero-order valence-corrected chi connectivity index (χ0v) is 13.5. The van der Waals surface area contributed by atoms with Crippen LogP contribution in [0, 0.1) is 13.8 Å². The van der Waals surface area contributed by atoms with E-state index in [4.69, 9.17) is 4.74 Å². The largest absolute Gasteiger partial charge is 0.491 e. The third kappa shape index (κ3) is 5.12. The van der Waals surface area contributed by atoms with Crippen LogP contribution in [0.2, 0.25) is 0 Å². The van der Waals surface area contributed by atoms with E-state index in [9.17, 15) is 5.11 Å². The fourth-order valence-electron chi connectivity index (χ4n) is 1.93. The number of aryl methyl sites for hydroxylation is 2. The van der Waals surface area contributed by atoms with E-state index in [0.29, 0.717) is 6.54 Å². The molecule has 4 nitrogen and oxygen atoms in total. The molecular formula is C16H22N2O2S. The second-order valence-corrected chi connectivity index (χ2v) is 6.13. The van der Waals surface area contributed by atoms with Crippen LogP contribution in [0.25, 0.3) is 0 Å². The molecule has 2 rings (SSSR count). The van der Waals surface area contributed by atoms with Crippen LogP contribution >= 0.6 is 11.3 Å². The molecule has 2 atom stereocenters. The van der Waals surface area contributed by atoms with Crippen LogP contribution in [0.3, 0.4) is 0 Å². The normalized spacial score (nSPS) is 13.9. The summed E-state index contributed by atoms with van der Waals surface area (Å²) in [6, 6.07) is 7.96. The fraction of sp³-hybridized carbons (Fsp3) is 0.438. The first-order valence-electron chi connectivity index (χ1n) is 7.07. The molecule has 0 aliphatic rings. The van der Waals surface area contributed by atoms with Gasteiger partial charge < -0.3 is 15.2 Å². The Morgan fingerprint density at radius 1 is 1.38 bits per heavy atom. The number of rotatable bonds is 7. The lowest BCUT2D eigenvalue weighted by molar-refractivity contribution is 0.104. The number of benzene rings is 1. The van der Waals surface area contributed by atoms with Crippen molar-refractivity contribution in [1.29, 1.82) is 0 Å². The number of nitrogens with one attached hydrogen (secondary N) is 1. The Morgan fingerprint density at radius 2 is 2.19 bits per heavy atom. The minimum Gasteiger partial charge on any atom is -0.491 e. The van der Waals surface area contributed by atoms with Crippen LogP contribution in [0.5, 0.6) is 5.75 Å². The number of aromatic nitrogens is 1. The Kier molecular flexibility index (Phi) is 5.73. The summed E-state index contributed by atoms with van der Waals surface area (Å²) in [4.78, 5) is 4.43. The molecule has 0 bridgehead atoms. The predicted octanol–water partition coefficient (Wildman–Crippen LogP) is 2.85. The molecule has 0 saturated heterocycles. The zero-order valence-electron chi connectivity index (χ0n) is 12.7. The molecule has 2 N–H and O–H groups in total. The van der Waals surface area contributed by atoms with Crippen LogP contribution in [0.4, 0.5) is 0 Å². The van der Waals surface area contributed by atoms with E-state index in [2.05, 4.69) is 10.3 Å². The Labute approximate surface area is 129 Å². The maximum atomic E-state index is 9.98. The highest BCUT2D eigenvalue weighted by Crippen LogP contribution is 2.17. The van der Waals surface area contributed by atoms with Gasteiger partial charge in [-0.15, -0.1) is 11.3 Å². The molecule has 0 fully saturated rings. The lowest BCUT2D eigenvalue weighted by Crippen LogP contribution is -2.33. The van der Waals surface area contributed by atoms with Crippen molar-refractivity contribution in [2.75, 3.05) is 13.2 Å². The third-order valence-electron chi connectivity index (χ3n) is 3.10. The monoisotopic (exact) mass is 306 g/mol. The van der Waals surface area contributed by atoms with E-state index < -0.39 is 6.10 Å². The number of hydrogen-bond donors (Lipinski definition) is 2. The minimum absolute atomic E-state index is 0.136.